The number of nitrogens with one attached hydrogen (secondary N) is 2. The number of carbonyl (C=O) groups excluding carboxylic acids is 2. The number of rotatable bonds is 7. The molecular formula is C12H17N3O4S. The Hall–Kier alpha value is -2.09. The van der Waals surface area contributed by atoms with E-state index < -0.39 is 23.9 Å². The minimum Gasteiger partial charge on any atom is -0.480 e. The third kappa shape index (κ3) is 5.27. The zero-order valence-corrected chi connectivity index (χ0v) is 11.8. The third-order valence-electron chi connectivity index (χ3n) is 2.66. The van der Waals surface area contributed by atoms with Gasteiger partial charge in [-0.2, -0.15) is 0 Å². The van der Waals surface area contributed by atoms with Gasteiger partial charge in [0.2, 0.25) is 5.91 Å². The van der Waals surface area contributed by atoms with Crippen molar-refractivity contribution in [1.29, 1.82) is 0 Å². The van der Waals surface area contributed by atoms with Crippen molar-refractivity contribution in [3.63, 3.8) is 0 Å². The first-order chi connectivity index (χ1) is 9.40. The highest BCUT2D eigenvalue weighted by molar-refractivity contribution is 7.10. The number of urea groups is 1. The van der Waals surface area contributed by atoms with Crippen molar-refractivity contribution in [3.8, 4) is 0 Å². The van der Waals surface area contributed by atoms with Crippen molar-refractivity contribution in [2.75, 3.05) is 0 Å². The van der Waals surface area contributed by atoms with Crippen LogP contribution < -0.4 is 16.4 Å². The molecule has 0 aliphatic heterocycles. The summed E-state index contributed by atoms with van der Waals surface area (Å²) in [5.74, 6) is -1.80. The average Bonchev–Trinajstić information content (AvgIpc) is 2.77. The predicted molar refractivity (Wildman–Crippen MR) is 74.3 cm³/mol. The SMILES string of the molecule is Cc1ccsc1CNC(=O)NC(CCC(N)=O)C(=O)O. The zero-order valence-electron chi connectivity index (χ0n) is 11.0. The Morgan fingerprint density at radius 1 is 1.45 bits per heavy atom. The van der Waals surface area contributed by atoms with E-state index in [4.69, 9.17) is 10.8 Å². The number of hydrogen-bond donors (Lipinski definition) is 4. The second-order valence-corrected chi connectivity index (χ2v) is 5.25. The fraction of sp³-hybridized carbons (Fsp3) is 0.417. The molecule has 8 heteroatoms. The Morgan fingerprint density at radius 2 is 2.15 bits per heavy atom. The number of amides is 3. The molecule has 0 fully saturated rings. The van der Waals surface area contributed by atoms with Crippen LogP contribution in [0.2, 0.25) is 0 Å². The largest absolute Gasteiger partial charge is 0.480 e. The Bertz CT molecular complexity index is 501. The molecule has 20 heavy (non-hydrogen) atoms. The highest BCUT2D eigenvalue weighted by Crippen LogP contribution is 2.14. The van der Waals surface area contributed by atoms with Crippen LogP contribution in [0.3, 0.4) is 0 Å². The first-order valence-corrected chi connectivity index (χ1v) is 6.86. The first kappa shape index (κ1) is 16.0. The van der Waals surface area contributed by atoms with Crippen molar-refractivity contribution >= 4 is 29.2 Å². The van der Waals surface area contributed by atoms with Gasteiger partial charge < -0.3 is 21.5 Å². The van der Waals surface area contributed by atoms with Crippen LogP contribution in [0.25, 0.3) is 0 Å². The number of nitrogens with two attached hydrogens (primary N) is 1. The maximum absolute atomic E-state index is 11.6. The van der Waals surface area contributed by atoms with E-state index in [2.05, 4.69) is 10.6 Å². The molecule has 0 aliphatic carbocycles. The van der Waals surface area contributed by atoms with E-state index in [1.165, 1.54) is 11.3 Å². The van der Waals surface area contributed by atoms with E-state index >= 15 is 0 Å². The molecule has 0 saturated carbocycles. The lowest BCUT2D eigenvalue weighted by atomic mass is 10.1. The summed E-state index contributed by atoms with van der Waals surface area (Å²) in [5.41, 5.74) is 6.02. The van der Waals surface area contributed by atoms with Crippen molar-refractivity contribution in [1.82, 2.24) is 10.6 Å². The van der Waals surface area contributed by atoms with Crippen LogP contribution in [0.1, 0.15) is 23.3 Å². The van der Waals surface area contributed by atoms with E-state index in [-0.39, 0.29) is 12.8 Å². The van der Waals surface area contributed by atoms with Gasteiger partial charge in [0.05, 0.1) is 6.54 Å². The van der Waals surface area contributed by atoms with Crippen molar-refractivity contribution in [2.45, 2.75) is 32.4 Å². The normalized spacial score (nSPS) is 11.7. The van der Waals surface area contributed by atoms with E-state index in [1.807, 2.05) is 18.4 Å². The smallest absolute Gasteiger partial charge is 0.326 e. The Balaban J connectivity index is 2.43. The molecule has 0 aromatic carbocycles. The van der Waals surface area contributed by atoms with Crippen molar-refractivity contribution < 1.29 is 19.5 Å². The topological polar surface area (TPSA) is 122 Å². The first-order valence-electron chi connectivity index (χ1n) is 5.98. The lowest BCUT2D eigenvalue weighted by molar-refractivity contribution is -0.139. The van der Waals surface area contributed by atoms with E-state index in [9.17, 15) is 14.4 Å². The number of aryl methyl sites for hydroxylation is 1. The fourth-order valence-electron chi connectivity index (χ4n) is 1.50. The molecule has 0 radical (unpaired) electrons. The standard InChI is InChI=1S/C12H17N3O4S/c1-7-4-5-20-9(7)6-14-12(19)15-8(11(17)18)2-3-10(13)16/h4-5,8H,2-3,6H2,1H3,(H2,13,16)(H,17,18)(H2,14,15,19). The summed E-state index contributed by atoms with van der Waals surface area (Å²) in [5, 5.41) is 15.7. The number of carbonyl (C=O) groups is 3. The Labute approximate surface area is 120 Å². The molecule has 1 aromatic heterocycles. The molecule has 7 nitrogen and oxygen atoms in total. The van der Waals surface area contributed by atoms with Crippen LogP contribution in [0.15, 0.2) is 11.4 Å². The molecule has 5 N–H and O–H groups in total. The van der Waals surface area contributed by atoms with Crippen LogP contribution in [0.4, 0.5) is 4.79 Å². The number of aliphatic carboxylic acids is 1. The second kappa shape index (κ2) is 7.49. The average molecular weight is 299 g/mol. The summed E-state index contributed by atoms with van der Waals surface area (Å²) >= 11 is 1.51. The maximum atomic E-state index is 11.6. The quantitative estimate of drug-likeness (QED) is 0.588. The predicted octanol–water partition coefficient (Wildman–Crippen LogP) is 0.574. The van der Waals surface area contributed by atoms with Gasteiger partial charge in [0.1, 0.15) is 6.04 Å². The van der Waals surface area contributed by atoms with Gasteiger partial charge in [-0.3, -0.25) is 4.79 Å². The number of thiophene rings is 1. The summed E-state index contributed by atoms with van der Waals surface area (Å²) in [6, 6.07) is 0.216. The molecular weight excluding hydrogens is 282 g/mol. The van der Waals surface area contributed by atoms with Crippen molar-refractivity contribution in [2.24, 2.45) is 5.73 Å². The summed E-state index contributed by atoms with van der Waals surface area (Å²) in [6.45, 7) is 2.26. The number of carboxylic acid groups (broad SMARTS) is 1. The van der Waals surface area contributed by atoms with Gasteiger partial charge in [0, 0.05) is 11.3 Å². The van der Waals surface area contributed by atoms with Gasteiger partial charge in [-0.15, -0.1) is 11.3 Å². The van der Waals surface area contributed by atoms with Gasteiger partial charge in [0.15, 0.2) is 0 Å². The van der Waals surface area contributed by atoms with Crippen molar-refractivity contribution in [3.05, 3.63) is 21.9 Å². The van der Waals surface area contributed by atoms with Gasteiger partial charge >= 0.3 is 12.0 Å². The van der Waals surface area contributed by atoms with E-state index in [0.29, 0.717) is 6.54 Å². The summed E-state index contributed by atoms with van der Waals surface area (Å²) in [7, 11) is 0. The van der Waals surface area contributed by atoms with Crippen LogP contribution >= 0.6 is 11.3 Å². The van der Waals surface area contributed by atoms with Crippen LogP contribution in [-0.2, 0) is 16.1 Å². The minimum atomic E-state index is -1.20. The van der Waals surface area contributed by atoms with Crippen LogP contribution in [0, 0.1) is 6.92 Å². The third-order valence-corrected chi connectivity index (χ3v) is 3.68. The molecule has 1 atom stereocenters. The molecule has 3 amide bonds. The monoisotopic (exact) mass is 299 g/mol. The lowest BCUT2D eigenvalue weighted by Gasteiger charge is -2.14. The molecule has 1 unspecified atom stereocenters. The summed E-state index contributed by atoms with van der Waals surface area (Å²) < 4.78 is 0. The van der Waals surface area contributed by atoms with E-state index in [1.54, 1.807) is 0 Å². The zero-order chi connectivity index (χ0) is 15.1. The Morgan fingerprint density at radius 3 is 2.65 bits per heavy atom. The highest BCUT2D eigenvalue weighted by Gasteiger charge is 2.20. The number of carboxylic acids is 1. The minimum absolute atomic E-state index is 0.0316. The number of hydrogen-bond acceptors (Lipinski definition) is 4. The van der Waals surface area contributed by atoms with Gasteiger partial charge in [0.25, 0.3) is 0 Å². The molecule has 0 aliphatic rings. The molecule has 0 spiro atoms. The molecule has 0 bridgehead atoms. The molecule has 1 heterocycles. The van der Waals surface area contributed by atoms with E-state index in [0.717, 1.165) is 10.4 Å². The molecule has 1 aromatic rings. The van der Waals surface area contributed by atoms with Crippen LogP contribution in [-0.4, -0.2) is 29.1 Å². The second-order valence-electron chi connectivity index (χ2n) is 4.25. The summed E-state index contributed by atoms with van der Waals surface area (Å²) in [6.07, 6.45) is -0.128. The molecule has 110 valence electrons. The van der Waals surface area contributed by atoms with Gasteiger partial charge in [-0.05, 0) is 30.4 Å². The van der Waals surface area contributed by atoms with Gasteiger partial charge in [-0.1, -0.05) is 0 Å². The van der Waals surface area contributed by atoms with Crippen LogP contribution in [0.5, 0.6) is 0 Å². The lowest BCUT2D eigenvalue weighted by Crippen LogP contribution is -2.46. The molecule has 1 rings (SSSR count). The van der Waals surface area contributed by atoms with Gasteiger partial charge in [-0.25, -0.2) is 9.59 Å². The molecule has 0 saturated heterocycles. The fourth-order valence-corrected chi connectivity index (χ4v) is 2.34. The highest BCUT2D eigenvalue weighted by atomic mass is 32.1. The number of primary amides is 1. The maximum Gasteiger partial charge on any atom is 0.326 e. The summed E-state index contributed by atoms with van der Waals surface area (Å²) in [4.78, 5) is 34.2. The Kier molecular flexibility index (Phi) is 5.98.